The average molecular weight is 339 g/mol. The standard InChI is InChI=1S/C19H25N5O/c1-3-14-6-4-5-7-16(14)19(25)24-11-9-15(12-24)23(2)13-18-21-10-8-17(20)22-18/h4-8,10,15H,3,9,11-13H2,1-2H3,(H2,20,21,22). The lowest BCUT2D eigenvalue weighted by Gasteiger charge is -2.24. The molecule has 1 amide bonds. The summed E-state index contributed by atoms with van der Waals surface area (Å²) in [5.74, 6) is 1.33. The third-order valence-corrected chi connectivity index (χ3v) is 4.82. The number of likely N-dealkylation sites (tertiary alicyclic amines) is 1. The third-order valence-electron chi connectivity index (χ3n) is 4.82. The van der Waals surface area contributed by atoms with Gasteiger partial charge in [0.15, 0.2) is 0 Å². The topological polar surface area (TPSA) is 75.4 Å². The Hall–Kier alpha value is -2.47. The number of amides is 1. The minimum Gasteiger partial charge on any atom is -0.384 e. The highest BCUT2D eigenvalue weighted by Crippen LogP contribution is 2.20. The largest absolute Gasteiger partial charge is 0.384 e. The lowest BCUT2D eigenvalue weighted by Crippen LogP contribution is -2.36. The first-order chi connectivity index (χ1) is 12.1. The van der Waals surface area contributed by atoms with Gasteiger partial charge in [0.25, 0.3) is 5.91 Å². The quantitative estimate of drug-likeness (QED) is 0.901. The van der Waals surface area contributed by atoms with Crippen molar-refractivity contribution >= 4 is 11.7 Å². The number of anilines is 1. The normalized spacial score (nSPS) is 17.2. The van der Waals surface area contributed by atoms with Gasteiger partial charge in [-0.1, -0.05) is 25.1 Å². The molecule has 0 bridgehead atoms. The lowest BCUT2D eigenvalue weighted by atomic mass is 10.0. The first-order valence-corrected chi connectivity index (χ1v) is 8.73. The van der Waals surface area contributed by atoms with Gasteiger partial charge in [-0.25, -0.2) is 9.97 Å². The SMILES string of the molecule is CCc1ccccc1C(=O)N1CCC(N(C)Cc2nccc(N)n2)C1. The van der Waals surface area contributed by atoms with Crippen molar-refractivity contribution in [3.05, 3.63) is 53.5 Å². The minimum atomic E-state index is 0.133. The molecule has 0 radical (unpaired) electrons. The van der Waals surface area contributed by atoms with Gasteiger partial charge in [-0.2, -0.15) is 0 Å². The number of nitrogens with zero attached hydrogens (tertiary/aromatic N) is 4. The molecule has 1 atom stereocenters. The number of benzene rings is 1. The van der Waals surface area contributed by atoms with Gasteiger partial charge >= 0.3 is 0 Å². The van der Waals surface area contributed by atoms with E-state index in [1.54, 1.807) is 12.3 Å². The van der Waals surface area contributed by atoms with Gasteiger partial charge in [0, 0.05) is 30.9 Å². The minimum absolute atomic E-state index is 0.133. The van der Waals surface area contributed by atoms with Gasteiger partial charge in [-0.3, -0.25) is 9.69 Å². The fraction of sp³-hybridized carbons (Fsp3) is 0.421. The molecule has 1 aromatic carbocycles. The van der Waals surface area contributed by atoms with Crippen LogP contribution in [0.2, 0.25) is 0 Å². The molecule has 0 spiro atoms. The molecule has 1 unspecified atom stereocenters. The van der Waals surface area contributed by atoms with E-state index in [4.69, 9.17) is 5.73 Å². The number of nitrogens with two attached hydrogens (primary N) is 1. The molecule has 25 heavy (non-hydrogen) atoms. The second kappa shape index (κ2) is 7.61. The number of aryl methyl sites for hydroxylation is 1. The van der Waals surface area contributed by atoms with Crippen LogP contribution in [0.1, 0.15) is 35.1 Å². The molecule has 1 saturated heterocycles. The molecule has 6 heteroatoms. The molecule has 0 saturated carbocycles. The summed E-state index contributed by atoms with van der Waals surface area (Å²) in [6.45, 7) is 4.22. The van der Waals surface area contributed by atoms with E-state index in [0.717, 1.165) is 37.1 Å². The molecular weight excluding hydrogens is 314 g/mol. The summed E-state index contributed by atoms with van der Waals surface area (Å²) in [4.78, 5) is 25.5. The number of carbonyl (C=O) groups excluding carboxylic acids is 1. The summed E-state index contributed by atoms with van der Waals surface area (Å²) in [6.07, 6.45) is 3.50. The molecule has 1 aliphatic heterocycles. The molecule has 132 valence electrons. The summed E-state index contributed by atoms with van der Waals surface area (Å²) in [5, 5.41) is 0. The zero-order chi connectivity index (χ0) is 17.8. The van der Waals surface area contributed by atoms with Crippen LogP contribution in [0.5, 0.6) is 0 Å². The maximum absolute atomic E-state index is 12.9. The fourth-order valence-electron chi connectivity index (χ4n) is 3.34. The number of nitrogen functional groups attached to an aromatic ring is 1. The molecule has 2 heterocycles. The predicted molar refractivity (Wildman–Crippen MR) is 98.0 cm³/mol. The Morgan fingerprint density at radius 3 is 2.92 bits per heavy atom. The average Bonchev–Trinajstić information content (AvgIpc) is 3.11. The Morgan fingerprint density at radius 2 is 2.16 bits per heavy atom. The van der Waals surface area contributed by atoms with Crippen molar-refractivity contribution < 1.29 is 4.79 Å². The fourth-order valence-corrected chi connectivity index (χ4v) is 3.34. The number of likely N-dealkylation sites (N-methyl/N-ethyl adjacent to an activating group) is 1. The summed E-state index contributed by atoms with van der Waals surface area (Å²) >= 11 is 0. The number of hydrogen-bond acceptors (Lipinski definition) is 5. The van der Waals surface area contributed by atoms with Crippen molar-refractivity contribution in [2.75, 3.05) is 25.9 Å². The van der Waals surface area contributed by atoms with Gasteiger partial charge in [0.2, 0.25) is 0 Å². The van der Waals surface area contributed by atoms with Crippen LogP contribution in [0.15, 0.2) is 36.5 Å². The van der Waals surface area contributed by atoms with E-state index in [9.17, 15) is 4.79 Å². The Bertz CT molecular complexity index is 748. The van der Waals surface area contributed by atoms with E-state index in [1.807, 2.05) is 36.2 Å². The Kier molecular flexibility index (Phi) is 5.28. The predicted octanol–water partition coefficient (Wildman–Crippen LogP) is 1.97. The smallest absolute Gasteiger partial charge is 0.254 e. The lowest BCUT2D eigenvalue weighted by molar-refractivity contribution is 0.0778. The second-order valence-corrected chi connectivity index (χ2v) is 6.52. The first kappa shape index (κ1) is 17.4. The van der Waals surface area contributed by atoms with Crippen molar-refractivity contribution in [2.45, 2.75) is 32.4 Å². The van der Waals surface area contributed by atoms with Crippen LogP contribution in [-0.4, -0.2) is 51.9 Å². The molecule has 1 fully saturated rings. The van der Waals surface area contributed by atoms with Crippen molar-refractivity contribution in [2.24, 2.45) is 0 Å². The number of hydrogen-bond donors (Lipinski definition) is 1. The van der Waals surface area contributed by atoms with Crippen molar-refractivity contribution in [1.29, 1.82) is 0 Å². The highest BCUT2D eigenvalue weighted by Gasteiger charge is 2.30. The van der Waals surface area contributed by atoms with Gasteiger partial charge < -0.3 is 10.6 Å². The van der Waals surface area contributed by atoms with E-state index < -0.39 is 0 Å². The first-order valence-electron chi connectivity index (χ1n) is 8.73. The van der Waals surface area contributed by atoms with E-state index in [0.29, 0.717) is 24.2 Å². The Balaban J connectivity index is 1.64. The van der Waals surface area contributed by atoms with Crippen molar-refractivity contribution in [3.8, 4) is 0 Å². The maximum Gasteiger partial charge on any atom is 0.254 e. The highest BCUT2D eigenvalue weighted by atomic mass is 16.2. The van der Waals surface area contributed by atoms with Gasteiger partial charge in [-0.05, 0) is 37.6 Å². The monoisotopic (exact) mass is 339 g/mol. The molecule has 2 aromatic rings. The van der Waals surface area contributed by atoms with E-state index in [2.05, 4.69) is 21.8 Å². The van der Waals surface area contributed by atoms with Crippen molar-refractivity contribution in [1.82, 2.24) is 19.8 Å². The Labute approximate surface area is 148 Å². The van der Waals surface area contributed by atoms with E-state index in [1.165, 1.54) is 0 Å². The maximum atomic E-state index is 12.9. The number of aromatic nitrogens is 2. The zero-order valence-electron chi connectivity index (χ0n) is 14.9. The summed E-state index contributed by atoms with van der Waals surface area (Å²) in [5.41, 5.74) is 7.65. The number of rotatable bonds is 5. The van der Waals surface area contributed by atoms with Crippen LogP contribution < -0.4 is 5.73 Å². The second-order valence-electron chi connectivity index (χ2n) is 6.52. The summed E-state index contributed by atoms with van der Waals surface area (Å²) < 4.78 is 0. The molecular formula is C19H25N5O. The van der Waals surface area contributed by atoms with E-state index in [-0.39, 0.29) is 5.91 Å². The van der Waals surface area contributed by atoms with Crippen molar-refractivity contribution in [3.63, 3.8) is 0 Å². The van der Waals surface area contributed by atoms with Crippen LogP contribution >= 0.6 is 0 Å². The summed E-state index contributed by atoms with van der Waals surface area (Å²) in [7, 11) is 2.05. The van der Waals surface area contributed by atoms with Gasteiger partial charge in [0.05, 0.1) is 6.54 Å². The van der Waals surface area contributed by atoms with E-state index >= 15 is 0 Å². The zero-order valence-corrected chi connectivity index (χ0v) is 14.9. The molecule has 0 aliphatic carbocycles. The molecule has 6 nitrogen and oxygen atoms in total. The van der Waals surface area contributed by atoms with Crippen LogP contribution in [-0.2, 0) is 13.0 Å². The van der Waals surface area contributed by atoms with Crippen LogP contribution in [0, 0.1) is 0 Å². The molecule has 3 rings (SSSR count). The third kappa shape index (κ3) is 3.96. The molecule has 2 N–H and O–H groups in total. The number of carbonyl (C=O) groups is 1. The summed E-state index contributed by atoms with van der Waals surface area (Å²) in [6, 6.07) is 9.88. The van der Waals surface area contributed by atoms with Gasteiger partial charge in [-0.15, -0.1) is 0 Å². The van der Waals surface area contributed by atoms with Crippen LogP contribution in [0.25, 0.3) is 0 Å². The van der Waals surface area contributed by atoms with Gasteiger partial charge in [0.1, 0.15) is 11.6 Å². The van der Waals surface area contributed by atoms with Crippen LogP contribution in [0.3, 0.4) is 0 Å². The molecule has 1 aromatic heterocycles. The molecule has 1 aliphatic rings. The Morgan fingerprint density at radius 1 is 1.36 bits per heavy atom. The van der Waals surface area contributed by atoms with Crippen LogP contribution in [0.4, 0.5) is 5.82 Å². The highest BCUT2D eigenvalue weighted by molar-refractivity contribution is 5.95.